The van der Waals surface area contributed by atoms with Gasteiger partial charge in [-0.15, -0.1) is 0 Å². The molecule has 0 unspecified atom stereocenters. The number of nitrogens with zero attached hydrogens (tertiary/aromatic N) is 1. The Bertz CT molecular complexity index is 480. The van der Waals surface area contributed by atoms with Crippen LogP contribution in [0.15, 0.2) is 24.3 Å². The van der Waals surface area contributed by atoms with Crippen molar-refractivity contribution in [3.05, 3.63) is 30.1 Å². The second-order valence-electron chi connectivity index (χ2n) is 4.16. The van der Waals surface area contributed by atoms with Gasteiger partial charge in [0.25, 0.3) is 0 Å². The zero-order chi connectivity index (χ0) is 13.1. The van der Waals surface area contributed by atoms with Gasteiger partial charge in [-0.3, -0.25) is 4.79 Å². The van der Waals surface area contributed by atoms with E-state index < -0.39 is 11.9 Å². The van der Waals surface area contributed by atoms with Crippen LogP contribution in [0.2, 0.25) is 0 Å². The summed E-state index contributed by atoms with van der Waals surface area (Å²) in [7, 11) is 0. The molecule has 1 aromatic rings. The van der Waals surface area contributed by atoms with E-state index in [9.17, 15) is 9.18 Å². The van der Waals surface area contributed by atoms with Gasteiger partial charge in [-0.2, -0.15) is 0 Å². The first-order valence-electron chi connectivity index (χ1n) is 5.71. The fourth-order valence-corrected chi connectivity index (χ4v) is 2.38. The molecule has 18 heavy (non-hydrogen) atoms. The van der Waals surface area contributed by atoms with Crippen LogP contribution in [0.3, 0.4) is 0 Å². The molecule has 0 aliphatic carbocycles. The van der Waals surface area contributed by atoms with Crippen LogP contribution < -0.4 is 11.1 Å². The number of anilines is 1. The number of likely N-dealkylation sites (tertiary alicyclic amines) is 1. The Kier molecular flexibility index (Phi) is 3.76. The average Bonchev–Trinajstić information content (AvgIpc) is 2.81. The predicted octanol–water partition coefficient (Wildman–Crippen LogP) is 1.47. The van der Waals surface area contributed by atoms with Crippen molar-refractivity contribution in [2.75, 3.05) is 11.9 Å². The lowest BCUT2D eigenvalue weighted by Crippen LogP contribution is -2.45. The van der Waals surface area contributed by atoms with Gasteiger partial charge < -0.3 is 16.0 Å². The summed E-state index contributed by atoms with van der Waals surface area (Å²) in [5, 5.41) is 3.15. The van der Waals surface area contributed by atoms with Crippen LogP contribution in [0.1, 0.15) is 12.8 Å². The van der Waals surface area contributed by atoms with E-state index in [2.05, 4.69) is 5.32 Å². The first kappa shape index (κ1) is 12.8. The van der Waals surface area contributed by atoms with Gasteiger partial charge in [-0.05, 0) is 37.2 Å². The molecule has 4 nitrogen and oxygen atoms in total. The summed E-state index contributed by atoms with van der Waals surface area (Å²) in [6.07, 6.45) is 1.54. The summed E-state index contributed by atoms with van der Waals surface area (Å²) in [5.41, 5.74) is 5.61. The minimum absolute atomic E-state index is 0.303. The number of nitrogens with two attached hydrogens (primary N) is 1. The van der Waals surface area contributed by atoms with Crippen LogP contribution in [0.4, 0.5) is 10.1 Å². The summed E-state index contributed by atoms with van der Waals surface area (Å²) in [6.45, 7) is 0.661. The number of halogens is 1. The van der Waals surface area contributed by atoms with E-state index in [4.69, 9.17) is 18.0 Å². The summed E-state index contributed by atoms with van der Waals surface area (Å²) < 4.78 is 13.5. The zero-order valence-electron chi connectivity index (χ0n) is 9.73. The van der Waals surface area contributed by atoms with Crippen LogP contribution in [-0.2, 0) is 4.79 Å². The van der Waals surface area contributed by atoms with Crippen molar-refractivity contribution in [1.29, 1.82) is 0 Å². The molecule has 0 radical (unpaired) electrons. The maximum Gasteiger partial charge on any atom is 0.240 e. The van der Waals surface area contributed by atoms with Crippen LogP contribution in [0, 0.1) is 5.82 Å². The third-order valence-corrected chi connectivity index (χ3v) is 3.29. The summed E-state index contributed by atoms with van der Waals surface area (Å²) in [6, 6.07) is 5.86. The van der Waals surface area contributed by atoms with Gasteiger partial charge in [0.1, 0.15) is 11.9 Å². The van der Waals surface area contributed by atoms with Crippen molar-refractivity contribution >= 4 is 28.9 Å². The smallest absolute Gasteiger partial charge is 0.240 e. The molecule has 0 spiro atoms. The van der Waals surface area contributed by atoms with Crippen LogP contribution in [0.5, 0.6) is 0 Å². The van der Waals surface area contributed by atoms with Crippen molar-refractivity contribution in [3.63, 3.8) is 0 Å². The lowest BCUT2D eigenvalue weighted by molar-refractivity contribution is -0.121. The Morgan fingerprint density at radius 1 is 1.50 bits per heavy atom. The second kappa shape index (κ2) is 5.30. The molecule has 1 heterocycles. The first-order chi connectivity index (χ1) is 8.59. The van der Waals surface area contributed by atoms with E-state index in [1.807, 2.05) is 0 Å². The quantitative estimate of drug-likeness (QED) is 0.797. The van der Waals surface area contributed by atoms with Crippen LogP contribution in [-0.4, -0.2) is 28.5 Å². The van der Waals surface area contributed by atoms with Crippen molar-refractivity contribution < 1.29 is 9.18 Å². The molecule has 1 aliphatic rings. The highest BCUT2D eigenvalue weighted by molar-refractivity contribution is 7.80. The number of benzene rings is 1. The summed E-state index contributed by atoms with van der Waals surface area (Å²) in [5.74, 6) is -0.778. The standard InChI is InChI=1S/C12H14FN3OS/c13-8-4-1-2-5-9(8)15-12(18)16-7-3-6-10(16)11(14)17/h1-2,4-5,10H,3,6-7H2,(H2,14,17)(H,15,18)/t10-/m1/s1. The first-order valence-corrected chi connectivity index (χ1v) is 6.12. The molecule has 0 aromatic heterocycles. The van der Waals surface area contributed by atoms with E-state index in [1.54, 1.807) is 23.1 Å². The van der Waals surface area contributed by atoms with Crippen molar-refractivity contribution in [1.82, 2.24) is 4.90 Å². The minimum atomic E-state index is -0.398. The molecule has 0 bridgehead atoms. The Balaban J connectivity index is 2.08. The number of para-hydroxylation sites is 1. The van der Waals surface area contributed by atoms with Crippen molar-refractivity contribution in [2.45, 2.75) is 18.9 Å². The molecule has 6 heteroatoms. The van der Waals surface area contributed by atoms with E-state index in [1.165, 1.54) is 6.07 Å². The molecule has 96 valence electrons. The Hall–Kier alpha value is -1.69. The molecule has 0 saturated carbocycles. The minimum Gasteiger partial charge on any atom is -0.368 e. The number of amides is 1. The summed E-state index contributed by atoms with van der Waals surface area (Å²) in [4.78, 5) is 13.0. The molecule has 1 amide bonds. The molecule has 1 saturated heterocycles. The predicted molar refractivity (Wildman–Crippen MR) is 71.5 cm³/mol. The fraction of sp³-hybridized carbons (Fsp3) is 0.333. The highest BCUT2D eigenvalue weighted by Crippen LogP contribution is 2.20. The molecule has 1 aromatic carbocycles. The number of rotatable bonds is 2. The number of hydrogen-bond donors (Lipinski definition) is 2. The molecular weight excluding hydrogens is 253 g/mol. The highest BCUT2D eigenvalue weighted by Gasteiger charge is 2.30. The molecular formula is C12H14FN3OS. The largest absolute Gasteiger partial charge is 0.368 e. The molecule has 1 atom stereocenters. The summed E-state index contributed by atoms with van der Waals surface area (Å²) >= 11 is 5.19. The van der Waals surface area contributed by atoms with Gasteiger partial charge in [0, 0.05) is 6.54 Å². The molecule has 1 fully saturated rings. The number of primary amides is 1. The Labute approximate surface area is 110 Å². The Morgan fingerprint density at radius 2 is 2.22 bits per heavy atom. The van der Waals surface area contributed by atoms with Gasteiger partial charge >= 0.3 is 0 Å². The third kappa shape index (κ3) is 2.59. The number of hydrogen-bond acceptors (Lipinski definition) is 2. The molecule has 3 N–H and O–H groups in total. The fourth-order valence-electron chi connectivity index (χ4n) is 2.06. The van der Waals surface area contributed by atoms with Gasteiger partial charge in [0.15, 0.2) is 5.11 Å². The second-order valence-corrected chi connectivity index (χ2v) is 4.55. The number of carbonyl (C=O) groups excluding carboxylic acids is 1. The van der Waals surface area contributed by atoms with Crippen molar-refractivity contribution in [3.8, 4) is 0 Å². The third-order valence-electron chi connectivity index (χ3n) is 2.96. The van der Waals surface area contributed by atoms with Gasteiger partial charge in [0.2, 0.25) is 5.91 Å². The highest BCUT2D eigenvalue weighted by atomic mass is 32.1. The van der Waals surface area contributed by atoms with Crippen LogP contribution in [0.25, 0.3) is 0 Å². The van der Waals surface area contributed by atoms with Gasteiger partial charge in [-0.25, -0.2) is 4.39 Å². The maximum absolute atomic E-state index is 13.5. The lowest BCUT2D eigenvalue weighted by atomic mass is 10.2. The van der Waals surface area contributed by atoms with E-state index in [0.29, 0.717) is 23.8 Å². The van der Waals surface area contributed by atoms with Gasteiger partial charge in [-0.1, -0.05) is 12.1 Å². The van der Waals surface area contributed by atoms with Gasteiger partial charge in [0.05, 0.1) is 5.69 Å². The van der Waals surface area contributed by atoms with Crippen molar-refractivity contribution in [2.24, 2.45) is 5.73 Å². The zero-order valence-corrected chi connectivity index (χ0v) is 10.5. The topological polar surface area (TPSA) is 58.4 Å². The number of nitrogens with one attached hydrogen (secondary N) is 1. The maximum atomic E-state index is 13.5. The van der Waals surface area contributed by atoms with E-state index >= 15 is 0 Å². The van der Waals surface area contributed by atoms with Crippen LogP contribution >= 0.6 is 12.2 Å². The monoisotopic (exact) mass is 267 g/mol. The number of thiocarbonyl (C=S) groups is 1. The SMILES string of the molecule is NC(=O)[C@H]1CCCN1C(=S)Nc1ccccc1F. The lowest BCUT2D eigenvalue weighted by Gasteiger charge is -2.25. The number of carbonyl (C=O) groups is 1. The normalized spacial score (nSPS) is 18.7. The molecule has 1 aliphatic heterocycles. The molecule has 2 rings (SSSR count). The van der Waals surface area contributed by atoms with E-state index in [0.717, 1.165) is 6.42 Å². The Morgan fingerprint density at radius 3 is 2.89 bits per heavy atom. The average molecular weight is 267 g/mol. The van der Waals surface area contributed by atoms with E-state index in [-0.39, 0.29) is 5.82 Å².